The van der Waals surface area contributed by atoms with E-state index in [1.807, 2.05) is 0 Å². The normalized spacial score (nSPS) is 20.7. The number of terminal acetylenes is 1. The fourth-order valence-corrected chi connectivity index (χ4v) is 1.40. The Morgan fingerprint density at radius 3 is 2.81 bits per heavy atom. The maximum atomic E-state index is 11.5. The minimum atomic E-state index is -1.18. The van der Waals surface area contributed by atoms with E-state index in [0.29, 0.717) is 6.42 Å². The zero-order valence-corrected chi connectivity index (χ0v) is 8.53. The van der Waals surface area contributed by atoms with E-state index >= 15 is 0 Å². The van der Waals surface area contributed by atoms with E-state index in [4.69, 9.17) is 11.5 Å². The number of hydrogen-bond donors (Lipinski definition) is 3. The molecular weight excluding hydrogens is 212 g/mol. The topological polar surface area (TPSA) is 95.5 Å². The van der Waals surface area contributed by atoms with Crippen molar-refractivity contribution in [3.05, 3.63) is 0 Å². The van der Waals surface area contributed by atoms with Crippen molar-refractivity contribution in [2.24, 2.45) is 0 Å². The van der Waals surface area contributed by atoms with Gasteiger partial charge in [0.25, 0.3) is 0 Å². The van der Waals surface area contributed by atoms with Gasteiger partial charge in [0.1, 0.15) is 12.1 Å². The first kappa shape index (κ1) is 12.0. The van der Waals surface area contributed by atoms with Gasteiger partial charge in [-0.15, -0.1) is 12.3 Å². The third-order valence-corrected chi connectivity index (χ3v) is 2.25. The molecule has 0 bridgehead atoms. The summed E-state index contributed by atoms with van der Waals surface area (Å²) in [6, 6.07) is -1.75. The van der Waals surface area contributed by atoms with Gasteiger partial charge >= 0.3 is 5.97 Å². The van der Waals surface area contributed by atoms with E-state index in [1.165, 1.54) is 0 Å². The maximum Gasteiger partial charge on any atom is 0.327 e. The molecule has 6 nitrogen and oxygen atoms in total. The first-order valence-electron chi connectivity index (χ1n) is 4.80. The first-order chi connectivity index (χ1) is 7.54. The highest BCUT2D eigenvalue weighted by atomic mass is 16.4. The van der Waals surface area contributed by atoms with Gasteiger partial charge in [0.15, 0.2) is 0 Å². The van der Waals surface area contributed by atoms with Crippen LogP contribution in [0.4, 0.5) is 0 Å². The predicted molar refractivity (Wildman–Crippen MR) is 54.2 cm³/mol. The lowest BCUT2D eigenvalue weighted by Gasteiger charge is -2.15. The molecule has 1 aliphatic heterocycles. The number of nitrogens with one attached hydrogen (secondary N) is 2. The number of rotatable bonds is 4. The van der Waals surface area contributed by atoms with Crippen molar-refractivity contribution in [2.75, 3.05) is 0 Å². The van der Waals surface area contributed by atoms with Crippen LogP contribution in [0.2, 0.25) is 0 Å². The molecule has 1 saturated heterocycles. The number of carbonyl (C=O) groups excluding carboxylic acids is 2. The highest BCUT2D eigenvalue weighted by Gasteiger charge is 2.29. The van der Waals surface area contributed by atoms with Crippen molar-refractivity contribution in [1.82, 2.24) is 10.6 Å². The highest BCUT2D eigenvalue weighted by Crippen LogP contribution is 2.07. The molecule has 0 aromatic carbocycles. The van der Waals surface area contributed by atoms with Crippen molar-refractivity contribution in [1.29, 1.82) is 0 Å². The molecule has 0 aliphatic carbocycles. The van der Waals surface area contributed by atoms with E-state index in [1.54, 1.807) is 0 Å². The minimum Gasteiger partial charge on any atom is -0.480 e. The largest absolute Gasteiger partial charge is 0.480 e. The Morgan fingerprint density at radius 1 is 1.69 bits per heavy atom. The lowest BCUT2D eigenvalue weighted by Crippen LogP contribution is -2.48. The molecule has 2 amide bonds. The summed E-state index contributed by atoms with van der Waals surface area (Å²) >= 11 is 0. The van der Waals surface area contributed by atoms with Gasteiger partial charge in [-0.3, -0.25) is 9.59 Å². The Labute approximate surface area is 92.4 Å². The molecule has 0 radical (unpaired) electrons. The summed E-state index contributed by atoms with van der Waals surface area (Å²) in [4.78, 5) is 33.1. The van der Waals surface area contributed by atoms with E-state index in [9.17, 15) is 14.4 Å². The van der Waals surface area contributed by atoms with Crippen LogP contribution in [0, 0.1) is 12.3 Å². The van der Waals surface area contributed by atoms with E-state index in [-0.39, 0.29) is 18.7 Å². The van der Waals surface area contributed by atoms with Crippen molar-refractivity contribution in [2.45, 2.75) is 31.3 Å². The summed E-state index contributed by atoms with van der Waals surface area (Å²) in [6.07, 6.45) is 5.57. The number of aliphatic carboxylic acids is 1. The zero-order valence-electron chi connectivity index (χ0n) is 8.53. The van der Waals surface area contributed by atoms with Crippen LogP contribution >= 0.6 is 0 Å². The van der Waals surface area contributed by atoms with E-state index in [0.717, 1.165) is 0 Å². The monoisotopic (exact) mass is 224 g/mol. The van der Waals surface area contributed by atoms with Gasteiger partial charge in [-0.25, -0.2) is 4.79 Å². The van der Waals surface area contributed by atoms with Gasteiger partial charge in [-0.1, -0.05) is 0 Å². The molecule has 0 saturated carbocycles. The number of hydrogen-bond acceptors (Lipinski definition) is 3. The first-order valence-corrected chi connectivity index (χ1v) is 4.80. The third kappa shape index (κ3) is 2.98. The van der Waals surface area contributed by atoms with Crippen LogP contribution in [0.15, 0.2) is 0 Å². The Kier molecular flexibility index (Phi) is 3.89. The summed E-state index contributed by atoms with van der Waals surface area (Å²) in [5.41, 5.74) is 0. The fourth-order valence-electron chi connectivity index (χ4n) is 1.40. The summed E-state index contributed by atoms with van der Waals surface area (Å²) < 4.78 is 0. The number of carboxylic acid groups (broad SMARTS) is 1. The van der Waals surface area contributed by atoms with Crippen LogP contribution < -0.4 is 10.6 Å². The van der Waals surface area contributed by atoms with Crippen LogP contribution in [0.5, 0.6) is 0 Å². The van der Waals surface area contributed by atoms with Crippen molar-refractivity contribution in [3.63, 3.8) is 0 Å². The highest BCUT2D eigenvalue weighted by molar-refractivity contribution is 5.92. The number of carbonyl (C=O) groups is 3. The summed E-state index contributed by atoms with van der Waals surface area (Å²) in [5.74, 6) is 0.276. The van der Waals surface area contributed by atoms with Crippen molar-refractivity contribution in [3.8, 4) is 12.3 Å². The minimum absolute atomic E-state index is 0.0816. The van der Waals surface area contributed by atoms with Crippen LogP contribution in [-0.4, -0.2) is 35.0 Å². The van der Waals surface area contributed by atoms with Crippen LogP contribution in [0.3, 0.4) is 0 Å². The smallest absolute Gasteiger partial charge is 0.327 e. The van der Waals surface area contributed by atoms with Gasteiger partial charge in [-0.2, -0.15) is 0 Å². The van der Waals surface area contributed by atoms with E-state index < -0.39 is 24.0 Å². The molecule has 1 fully saturated rings. The third-order valence-electron chi connectivity index (χ3n) is 2.25. The predicted octanol–water partition coefficient (Wildman–Crippen LogP) is -1.14. The Hall–Kier alpha value is -2.03. The molecule has 1 heterocycles. The van der Waals surface area contributed by atoms with E-state index in [2.05, 4.69) is 16.6 Å². The average molecular weight is 224 g/mol. The van der Waals surface area contributed by atoms with Gasteiger partial charge in [0, 0.05) is 12.8 Å². The average Bonchev–Trinajstić information content (AvgIpc) is 2.64. The molecule has 3 N–H and O–H groups in total. The Bertz CT molecular complexity index is 358. The standard InChI is InChI=1S/C10H12N2O4/c1-2-3-7(10(15)16)12-9(14)6-4-5-8(13)11-6/h1,6-7H,3-5H2,(H,11,13)(H,12,14)(H,15,16)/t6-,7+/m1/s1. The lowest BCUT2D eigenvalue weighted by atomic mass is 10.1. The van der Waals surface area contributed by atoms with Gasteiger partial charge in [0.2, 0.25) is 11.8 Å². The second-order valence-electron chi connectivity index (χ2n) is 3.47. The zero-order chi connectivity index (χ0) is 12.1. The lowest BCUT2D eigenvalue weighted by molar-refractivity contribution is -0.141. The SMILES string of the molecule is C#CC[C@H](NC(=O)[C@H]1CCC(=O)N1)C(=O)O. The number of carboxylic acids is 1. The molecule has 0 unspecified atom stereocenters. The maximum absolute atomic E-state index is 11.5. The molecule has 0 aromatic rings. The molecule has 1 rings (SSSR count). The Balaban J connectivity index is 2.52. The van der Waals surface area contributed by atoms with Crippen molar-refractivity contribution < 1.29 is 19.5 Å². The van der Waals surface area contributed by atoms with Gasteiger partial charge in [0.05, 0.1) is 0 Å². The molecule has 16 heavy (non-hydrogen) atoms. The molecular formula is C10H12N2O4. The second kappa shape index (κ2) is 5.16. The van der Waals surface area contributed by atoms with Crippen LogP contribution in [0.1, 0.15) is 19.3 Å². The molecule has 6 heteroatoms. The van der Waals surface area contributed by atoms with Crippen LogP contribution in [-0.2, 0) is 14.4 Å². The molecule has 1 aliphatic rings. The van der Waals surface area contributed by atoms with Gasteiger partial charge in [-0.05, 0) is 6.42 Å². The fraction of sp³-hybridized carbons (Fsp3) is 0.500. The van der Waals surface area contributed by atoms with Crippen molar-refractivity contribution >= 4 is 17.8 Å². The molecule has 0 aromatic heterocycles. The summed E-state index contributed by atoms with van der Waals surface area (Å²) in [7, 11) is 0. The summed E-state index contributed by atoms with van der Waals surface area (Å²) in [5, 5.41) is 13.5. The summed E-state index contributed by atoms with van der Waals surface area (Å²) in [6.45, 7) is 0. The molecule has 86 valence electrons. The molecule has 2 atom stereocenters. The Morgan fingerprint density at radius 2 is 2.38 bits per heavy atom. The quantitative estimate of drug-likeness (QED) is 0.526. The van der Waals surface area contributed by atoms with Crippen LogP contribution in [0.25, 0.3) is 0 Å². The second-order valence-corrected chi connectivity index (χ2v) is 3.47. The molecule has 0 spiro atoms. The number of amides is 2. The van der Waals surface area contributed by atoms with Gasteiger partial charge < -0.3 is 15.7 Å².